The highest BCUT2D eigenvalue weighted by Crippen LogP contribution is 2.34. The van der Waals surface area contributed by atoms with Crippen molar-refractivity contribution < 1.29 is 23.1 Å². The molecule has 0 spiro atoms. The molecule has 0 fully saturated rings. The van der Waals surface area contributed by atoms with Gasteiger partial charge in [-0.3, -0.25) is 4.79 Å². The summed E-state index contributed by atoms with van der Waals surface area (Å²) < 4.78 is 40.9. The molecular weight excluding hydrogens is 359 g/mol. The number of hydrogen-bond donors (Lipinski definition) is 1. The van der Waals surface area contributed by atoms with Crippen molar-refractivity contribution in [3.05, 3.63) is 49.4 Å². The molecule has 3 nitrogen and oxygen atoms in total. The molecule has 2 heterocycles. The molecule has 0 aliphatic rings. The molecule has 0 saturated heterocycles. The highest BCUT2D eigenvalue weighted by Gasteiger charge is 2.20. The normalized spacial score (nSPS) is 11.4. The van der Waals surface area contributed by atoms with Gasteiger partial charge in [0, 0.05) is 22.2 Å². The molecule has 8 heteroatoms. The van der Waals surface area contributed by atoms with E-state index in [9.17, 15) is 18.0 Å². The van der Waals surface area contributed by atoms with E-state index in [2.05, 4.69) is 4.98 Å². The van der Waals surface area contributed by atoms with Crippen LogP contribution in [-0.2, 0) is 17.6 Å². The van der Waals surface area contributed by atoms with Crippen LogP contribution in [0.1, 0.15) is 25.9 Å². The van der Waals surface area contributed by atoms with Crippen LogP contribution in [0.25, 0.3) is 10.2 Å². The van der Waals surface area contributed by atoms with Crippen molar-refractivity contribution in [1.82, 2.24) is 4.98 Å². The summed E-state index contributed by atoms with van der Waals surface area (Å²) in [5, 5.41) is 9.48. The SMILES string of the molecule is Cc1sc(C)c(Cc2nc3c(F)c(F)cc(F)c3s2)c1CC(=O)O. The number of thiophene rings is 1. The summed E-state index contributed by atoms with van der Waals surface area (Å²) >= 11 is 2.43. The largest absolute Gasteiger partial charge is 0.481 e. The first-order chi connectivity index (χ1) is 11.3. The molecule has 0 aliphatic heterocycles. The van der Waals surface area contributed by atoms with Crippen LogP contribution in [0, 0.1) is 31.3 Å². The van der Waals surface area contributed by atoms with Crippen molar-refractivity contribution in [3.8, 4) is 0 Å². The maximum atomic E-state index is 13.8. The molecule has 0 atom stereocenters. The zero-order valence-corrected chi connectivity index (χ0v) is 14.4. The van der Waals surface area contributed by atoms with Crippen LogP contribution in [-0.4, -0.2) is 16.1 Å². The molecule has 0 bridgehead atoms. The maximum Gasteiger partial charge on any atom is 0.307 e. The van der Waals surface area contributed by atoms with Gasteiger partial charge in [-0.1, -0.05) is 0 Å². The average molecular weight is 371 g/mol. The van der Waals surface area contributed by atoms with E-state index in [-0.39, 0.29) is 23.1 Å². The number of nitrogens with zero attached hydrogens (tertiary/aromatic N) is 1. The molecule has 3 rings (SSSR count). The van der Waals surface area contributed by atoms with Gasteiger partial charge in [0.05, 0.1) is 16.1 Å². The fourth-order valence-corrected chi connectivity index (χ4v) is 4.72. The molecule has 2 aromatic heterocycles. The number of aromatic nitrogens is 1. The molecule has 3 aromatic rings. The number of carbonyl (C=O) groups is 1. The fraction of sp³-hybridized carbons (Fsp3) is 0.250. The van der Waals surface area contributed by atoms with Gasteiger partial charge in [-0.15, -0.1) is 22.7 Å². The first-order valence-corrected chi connectivity index (χ1v) is 8.63. The minimum absolute atomic E-state index is 0.0340. The van der Waals surface area contributed by atoms with E-state index in [4.69, 9.17) is 5.11 Å². The number of aryl methyl sites for hydroxylation is 2. The number of aliphatic carboxylic acids is 1. The Labute approximate surface area is 143 Å². The molecule has 126 valence electrons. The third-order valence-corrected chi connectivity index (χ3v) is 5.90. The standard InChI is InChI=1S/C16H12F3NO2S2/c1-6-8(9(4-13(21)22)7(2)23-6)3-12-20-15-14(19)10(17)5-11(18)16(15)24-12/h5H,3-4H2,1-2H3,(H,21,22). The van der Waals surface area contributed by atoms with E-state index in [1.807, 2.05) is 13.8 Å². The Morgan fingerprint density at radius 3 is 2.46 bits per heavy atom. The second kappa shape index (κ2) is 6.18. The van der Waals surface area contributed by atoms with E-state index in [0.29, 0.717) is 16.6 Å². The summed E-state index contributed by atoms with van der Waals surface area (Å²) in [5.41, 5.74) is 1.19. The van der Waals surface area contributed by atoms with Crippen molar-refractivity contribution in [2.75, 3.05) is 0 Å². The van der Waals surface area contributed by atoms with Gasteiger partial charge in [-0.25, -0.2) is 18.2 Å². The Hall–Kier alpha value is -1.93. The number of carboxylic acid groups (broad SMARTS) is 1. The van der Waals surface area contributed by atoms with Crippen LogP contribution in [0.3, 0.4) is 0 Å². The molecule has 0 saturated carbocycles. The number of hydrogen-bond acceptors (Lipinski definition) is 4. The molecule has 0 amide bonds. The third-order valence-electron chi connectivity index (χ3n) is 3.74. The average Bonchev–Trinajstić information content (AvgIpc) is 3.02. The summed E-state index contributed by atoms with van der Waals surface area (Å²) in [7, 11) is 0. The number of thiazole rings is 1. The maximum absolute atomic E-state index is 13.8. The minimum Gasteiger partial charge on any atom is -0.481 e. The van der Waals surface area contributed by atoms with Gasteiger partial charge in [0.15, 0.2) is 11.6 Å². The zero-order chi connectivity index (χ0) is 17.6. The van der Waals surface area contributed by atoms with Gasteiger partial charge in [0.1, 0.15) is 11.3 Å². The van der Waals surface area contributed by atoms with E-state index in [1.165, 1.54) is 11.3 Å². The number of rotatable bonds is 4. The number of fused-ring (bicyclic) bond motifs is 1. The first-order valence-electron chi connectivity index (χ1n) is 7.00. The Morgan fingerprint density at radius 2 is 1.79 bits per heavy atom. The summed E-state index contributed by atoms with van der Waals surface area (Å²) in [6.07, 6.45) is 0.145. The van der Waals surface area contributed by atoms with Crippen molar-refractivity contribution in [2.24, 2.45) is 0 Å². The molecule has 0 aliphatic carbocycles. The minimum atomic E-state index is -1.27. The van der Waals surface area contributed by atoms with Crippen molar-refractivity contribution >= 4 is 38.9 Å². The lowest BCUT2D eigenvalue weighted by molar-refractivity contribution is -0.136. The number of carboxylic acids is 1. The summed E-state index contributed by atoms with van der Waals surface area (Å²) in [5.74, 6) is -4.24. The second-order valence-electron chi connectivity index (χ2n) is 5.36. The molecular formula is C16H12F3NO2S2. The van der Waals surface area contributed by atoms with Crippen molar-refractivity contribution in [1.29, 1.82) is 0 Å². The lowest BCUT2D eigenvalue weighted by Crippen LogP contribution is -2.04. The topological polar surface area (TPSA) is 50.2 Å². The summed E-state index contributed by atoms with van der Waals surface area (Å²) in [6, 6.07) is 0.509. The Kier molecular flexibility index (Phi) is 4.35. The van der Waals surface area contributed by atoms with E-state index in [0.717, 1.165) is 26.7 Å². The summed E-state index contributed by atoms with van der Waals surface area (Å²) in [4.78, 5) is 16.9. The van der Waals surface area contributed by atoms with Gasteiger partial charge >= 0.3 is 5.97 Å². The lowest BCUT2D eigenvalue weighted by atomic mass is 10.0. The van der Waals surface area contributed by atoms with Gasteiger partial charge in [0.2, 0.25) is 0 Å². The molecule has 1 aromatic carbocycles. The van der Waals surface area contributed by atoms with Crippen LogP contribution in [0.15, 0.2) is 6.07 Å². The van der Waals surface area contributed by atoms with E-state index >= 15 is 0 Å². The Morgan fingerprint density at radius 1 is 1.12 bits per heavy atom. The van der Waals surface area contributed by atoms with Crippen LogP contribution in [0.2, 0.25) is 0 Å². The van der Waals surface area contributed by atoms with Gasteiger partial charge < -0.3 is 5.11 Å². The van der Waals surface area contributed by atoms with E-state index in [1.54, 1.807) is 0 Å². The molecule has 0 unspecified atom stereocenters. The smallest absolute Gasteiger partial charge is 0.307 e. The van der Waals surface area contributed by atoms with Gasteiger partial charge in [-0.2, -0.15) is 0 Å². The quantitative estimate of drug-likeness (QED) is 0.682. The predicted molar refractivity (Wildman–Crippen MR) is 87.4 cm³/mol. The monoisotopic (exact) mass is 371 g/mol. The van der Waals surface area contributed by atoms with Gasteiger partial charge in [-0.05, 0) is 25.0 Å². The molecule has 0 radical (unpaired) electrons. The summed E-state index contributed by atoms with van der Waals surface area (Å²) in [6.45, 7) is 3.71. The highest BCUT2D eigenvalue weighted by atomic mass is 32.1. The van der Waals surface area contributed by atoms with Crippen LogP contribution in [0.4, 0.5) is 13.2 Å². The van der Waals surface area contributed by atoms with Gasteiger partial charge in [0.25, 0.3) is 0 Å². The molecule has 1 N–H and O–H groups in total. The van der Waals surface area contributed by atoms with Crippen molar-refractivity contribution in [2.45, 2.75) is 26.7 Å². The van der Waals surface area contributed by atoms with E-state index < -0.39 is 23.4 Å². The predicted octanol–water partition coefficient (Wildman–Crippen LogP) is 4.61. The van der Waals surface area contributed by atoms with Crippen molar-refractivity contribution in [3.63, 3.8) is 0 Å². The van der Waals surface area contributed by atoms with Crippen LogP contribution >= 0.6 is 22.7 Å². The Bertz CT molecular complexity index is 962. The lowest BCUT2D eigenvalue weighted by Gasteiger charge is -2.03. The number of halogens is 3. The fourth-order valence-electron chi connectivity index (χ4n) is 2.65. The third kappa shape index (κ3) is 2.91. The van der Waals surface area contributed by atoms with Crippen LogP contribution in [0.5, 0.6) is 0 Å². The second-order valence-corrected chi connectivity index (χ2v) is 7.87. The highest BCUT2D eigenvalue weighted by molar-refractivity contribution is 7.18. The zero-order valence-electron chi connectivity index (χ0n) is 12.7. The molecule has 24 heavy (non-hydrogen) atoms. The Balaban J connectivity index is 2.06. The number of benzene rings is 1. The first kappa shape index (κ1) is 16.9. The van der Waals surface area contributed by atoms with Crippen LogP contribution < -0.4 is 0 Å².